The Morgan fingerprint density at radius 1 is 1.62 bits per heavy atom. The quantitative estimate of drug-likeness (QED) is 0.668. The van der Waals surface area contributed by atoms with Gasteiger partial charge in [-0.05, 0) is 6.07 Å². The van der Waals surface area contributed by atoms with Crippen LogP contribution < -0.4 is 21.1 Å². The van der Waals surface area contributed by atoms with E-state index in [0.717, 1.165) is 0 Å². The highest BCUT2D eigenvalue weighted by atomic mass is 16.5. The van der Waals surface area contributed by atoms with Gasteiger partial charge in [-0.25, -0.2) is 0 Å². The number of ether oxygens (including phenoxy) is 1. The molecule has 2 heterocycles. The summed E-state index contributed by atoms with van der Waals surface area (Å²) in [7, 11) is 1.54. The number of nitrogens with one attached hydrogen (secondary N) is 2. The van der Waals surface area contributed by atoms with Crippen molar-refractivity contribution in [2.75, 3.05) is 24.7 Å². The molecule has 0 spiro atoms. The standard InChI is InChI=1S/C10H14N4O2/c1-16-9-3-2-7(11)10(14-9)13-6-4-8(15)12-5-6/h2-3,6H,4-5,11H2,1H3,(H,12,15)(H,13,14). The van der Waals surface area contributed by atoms with Crippen LogP contribution in [0.4, 0.5) is 11.5 Å². The molecule has 0 bridgehead atoms. The smallest absolute Gasteiger partial charge is 0.222 e. The van der Waals surface area contributed by atoms with E-state index in [1.54, 1.807) is 19.2 Å². The molecular weight excluding hydrogens is 208 g/mol. The Hall–Kier alpha value is -1.98. The molecule has 6 heteroatoms. The van der Waals surface area contributed by atoms with Crippen LogP contribution >= 0.6 is 0 Å². The van der Waals surface area contributed by atoms with Gasteiger partial charge in [-0.3, -0.25) is 4.79 Å². The Balaban J connectivity index is 2.11. The normalized spacial score (nSPS) is 19.3. The Morgan fingerprint density at radius 2 is 2.44 bits per heavy atom. The summed E-state index contributed by atoms with van der Waals surface area (Å²) in [6.07, 6.45) is 0.443. The average Bonchev–Trinajstić information content (AvgIpc) is 2.67. The summed E-state index contributed by atoms with van der Waals surface area (Å²) in [5.41, 5.74) is 6.31. The maximum absolute atomic E-state index is 11.0. The molecule has 0 saturated carbocycles. The zero-order chi connectivity index (χ0) is 11.5. The molecule has 86 valence electrons. The second-order valence-corrected chi connectivity index (χ2v) is 3.64. The summed E-state index contributed by atoms with van der Waals surface area (Å²) >= 11 is 0. The minimum Gasteiger partial charge on any atom is -0.481 e. The second-order valence-electron chi connectivity index (χ2n) is 3.64. The number of nitrogens with two attached hydrogens (primary N) is 1. The lowest BCUT2D eigenvalue weighted by Gasteiger charge is -2.13. The fraction of sp³-hybridized carbons (Fsp3) is 0.400. The van der Waals surface area contributed by atoms with Crippen LogP contribution in [0.3, 0.4) is 0 Å². The molecule has 1 fully saturated rings. The largest absolute Gasteiger partial charge is 0.481 e. The van der Waals surface area contributed by atoms with Gasteiger partial charge in [-0.1, -0.05) is 0 Å². The molecule has 1 aliphatic heterocycles. The maximum atomic E-state index is 11.0. The molecule has 1 amide bonds. The summed E-state index contributed by atoms with van der Waals surface area (Å²) in [6.45, 7) is 0.594. The number of amides is 1. The Labute approximate surface area is 93.2 Å². The predicted molar refractivity (Wildman–Crippen MR) is 60.2 cm³/mol. The number of nitrogens with zero attached hydrogens (tertiary/aromatic N) is 1. The van der Waals surface area contributed by atoms with Crippen molar-refractivity contribution in [1.29, 1.82) is 0 Å². The Bertz CT molecular complexity index is 408. The SMILES string of the molecule is COc1ccc(N)c(NC2CNC(=O)C2)n1. The van der Waals surface area contributed by atoms with Gasteiger partial charge in [0.1, 0.15) is 0 Å². The van der Waals surface area contributed by atoms with E-state index in [0.29, 0.717) is 30.4 Å². The van der Waals surface area contributed by atoms with E-state index in [9.17, 15) is 4.79 Å². The second kappa shape index (κ2) is 4.26. The number of carbonyl (C=O) groups is 1. The molecule has 4 N–H and O–H groups in total. The van der Waals surface area contributed by atoms with Crippen LogP contribution in [0.2, 0.25) is 0 Å². The van der Waals surface area contributed by atoms with Crippen LogP contribution in [0.15, 0.2) is 12.1 Å². The molecule has 1 atom stereocenters. The first-order valence-corrected chi connectivity index (χ1v) is 5.03. The summed E-state index contributed by atoms with van der Waals surface area (Å²) < 4.78 is 5.01. The first kappa shape index (κ1) is 10.5. The predicted octanol–water partition coefficient (Wildman–Crippen LogP) is -0.0272. The van der Waals surface area contributed by atoms with Crippen LogP contribution in [-0.4, -0.2) is 30.6 Å². The van der Waals surface area contributed by atoms with E-state index in [1.165, 1.54) is 0 Å². The van der Waals surface area contributed by atoms with Gasteiger partial charge >= 0.3 is 0 Å². The number of hydrogen-bond donors (Lipinski definition) is 3. The van der Waals surface area contributed by atoms with Crippen molar-refractivity contribution in [2.45, 2.75) is 12.5 Å². The lowest BCUT2D eigenvalue weighted by atomic mass is 10.2. The molecule has 1 aliphatic rings. The molecule has 6 nitrogen and oxygen atoms in total. The number of aromatic nitrogens is 1. The van der Waals surface area contributed by atoms with Gasteiger partial charge in [0.05, 0.1) is 18.8 Å². The molecule has 0 aromatic carbocycles. The Morgan fingerprint density at radius 3 is 3.06 bits per heavy atom. The summed E-state index contributed by atoms with van der Waals surface area (Å²) in [4.78, 5) is 15.2. The van der Waals surface area contributed by atoms with E-state index in [4.69, 9.17) is 10.5 Å². The molecule has 0 aliphatic carbocycles. The van der Waals surface area contributed by atoms with Crippen molar-refractivity contribution in [3.63, 3.8) is 0 Å². The Kier molecular flexibility index (Phi) is 2.80. The topological polar surface area (TPSA) is 89.3 Å². The van der Waals surface area contributed by atoms with Gasteiger partial charge < -0.3 is 21.1 Å². The van der Waals surface area contributed by atoms with Gasteiger partial charge in [-0.2, -0.15) is 4.98 Å². The third kappa shape index (κ3) is 2.16. The number of anilines is 2. The van der Waals surface area contributed by atoms with E-state index in [1.807, 2.05) is 0 Å². The summed E-state index contributed by atoms with van der Waals surface area (Å²) in [5.74, 6) is 1.09. The van der Waals surface area contributed by atoms with Crippen molar-refractivity contribution in [3.05, 3.63) is 12.1 Å². The molecule has 16 heavy (non-hydrogen) atoms. The van der Waals surface area contributed by atoms with Crippen LogP contribution in [0.1, 0.15) is 6.42 Å². The van der Waals surface area contributed by atoms with Gasteiger partial charge in [0.15, 0.2) is 5.82 Å². The lowest BCUT2D eigenvalue weighted by Crippen LogP contribution is -2.23. The van der Waals surface area contributed by atoms with Crippen LogP contribution in [-0.2, 0) is 4.79 Å². The highest BCUT2D eigenvalue weighted by Gasteiger charge is 2.22. The van der Waals surface area contributed by atoms with Crippen molar-refractivity contribution >= 4 is 17.4 Å². The number of methoxy groups -OCH3 is 1. The van der Waals surface area contributed by atoms with Crippen LogP contribution in [0, 0.1) is 0 Å². The maximum Gasteiger partial charge on any atom is 0.222 e. The number of carbonyl (C=O) groups excluding carboxylic acids is 1. The minimum absolute atomic E-state index is 0.0365. The molecular formula is C10H14N4O2. The van der Waals surface area contributed by atoms with Crippen molar-refractivity contribution in [3.8, 4) is 5.88 Å². The third-order valence-corrected chi connectivity index (χ3v) is 2.43. The first-order valence-electron chi connectivity index (χ1n) is 5.03. The fourth-order valence-electron chi connectivity index (χ4n) is 1.58. The van der Waals surface area contributed by atoms with Crippen LogP contribution in [0.5, 0.6) is 5.88 Å². The minimum atomic E-state index is 0.0365. The van der Waals surface area contributed by atoms with E-state index >= 15 is 0 Å². The van der Waals surface area contributed by atoms with E-state index in [2.05, 4.69) is 15.6 Å². The van der Waals surface area contributed by atoms with Gasteiger partial charge in [0.25, 0.3) is 0 Å². The summed E-state index contributed by atoms with van der Waals surface area (Å²) in [5, 5.41) is 5.85. The van der Waals surface area contributed by atoms with Crippen molar-refractivity contribution in [1.82, 2.24) is 10.3 Å². The highest BCUT2D eigenvalue weighted by Crippen LogP contribution is 2.21. The number of rotatable bonds is 3. The number of pyridine rings is 1. The zero-order valence-corrected chi connectivity index (χ0v) is 8.99. The molecule has 1 aromatic heterocycles. The zero-order valence-electron chi connectivity index (χ0n) is 8.99. The van der Waals surface area contributed by atoms with Crippen LogP contribution in [0.25, 0.3) is 0 Å². The van der Waals surface area contributed by atoms with Gasteiger partial charge in [0.2, 0.25) is 11.8 Å². The fourth-order valence-corrected chi connectivity index (χ4v) is 1.58. The molecule has 1 unspecified atom stereocenters. The average molecular weight is 222 g/mol. The molecule has 1 saturated heterocycles. The molecule has 1 aromatic rings. The number of hydrogen-bond acceptors (Lipinski definition) is 5. The molecule has 2 rings (SSSR count). The third-order valence-electron chi connectivity index (χ3n) is 2.43. The monoisotopic (exact) mass is 222 g/mol. The summed E-state index contributed by atoms with van der Waals surface area (Å²) in [6, 6.07) is 3.45. The number of nitrogen functional groups attached to an aromatic ring is 1. The van der Waals surface area contributed by atoms with Gasteiger partial charge in [0, 0.05) is 19.0 Å². The highest BCUT2D eigenvalue weighted by molar-refractivity contribution is 5.80. The lowest BCUT2D eigenvalue weighted by molar-refractivity contribution is -0.119. The van der Waals surface area contributed by atoms with Crippen molar-refractivity contribution < 1.29 is 9.53 Å². The van der Waals surface area contributed by atoms with Crippen molar-refractivity contribution in [2.24, 2.45) is 0 Å². The molecule has 0 radical (unpaired) electrons. The van der Waals surface area contributed by atoms with E-state index in [-0.39, 0.29) is 11.9 Å². The first-order chi connectivity index (χ1) is 7.69. The van der Waals surface area contributed by atoms with Gasteiger partial charge in [-0.15, -0.1) is 0 Å². The van der Waals surface area contributed by atoms with E-state index < -0.39 is 0 Å².